The van der Waals surface area contributed by atoms with Gasteiger partial charge >= 0.3 is 12.1 Å². The quantitative estimate of drug-likeness (QED) is 0.379. The van der Waals surface area contributed by atoms with Gasteiger partial charge in [0.2, 0.25) is 0 Å². The number of amides is 1. The molecule has 0 aromatic heterocycles. The highest BCUT2D eigenvalue weighted by atomic mass is 16.7. The molecule has 6 heteroatoms. The van der Waals surface area contributed by atoms with E-state index in [2.05, 4.69) is 15.3 Å². The van der Waals surface area contributed by atoms with Gasteiger partial charge in [-0.15, -0.1) is 0 Å². The molecule has 0 atom stereocenters. The molecule has 1 rings (SSSR count). The van der Waals surface area contributed by atoms with Crippen molar-refractivity contribution in [1.82, 2.24) is 5.32 Å². The van der Waals surface area contributed by atoms with Crippen molar-refractivity contribution in [2.45, 2.75) is 39.7 Å². The van der Waals surface area contributed by atoms with Crippen molar-refractivity contribution >= 4 is 17.8 Å². The lowest BCUT2D eigenvalue weighted by Crippen LogP contribution is -2.45. The molecule has 1 aromatic carbocycles. The average Bonchev–Trinajstić information content (AvgIpc) is 2.45. The van der Waals surface area contributed by atoms with Gasteiger partial charge < -0.3 is 10.1 Å². The molecule has 6 nitrogen and oxygen atoms in total. The van der Waals surface area contributed by atoms with Crippen LogP contribution in [0.3, 0.4) is 0 Å². The van der Waals surface area contributed by atoms with Gasteiger partial charge in [0.05, 0.1) is 6.61 Å². The fraction of sp³-hybridized carbons (Fsp3) is 0.438. The van der Waals surface area contributed by atoms with Gasteiger partial charge in [-0.05, 0) is 39.7 Å². The first-order chi connectivity index (χ1) is 10.3. The second kappa shape index (κ2) is 8.17. The number of hydrogen-bond acceptors (Lipinski definition) is 5. The normalized spacial score (nSPS) is 11.7. The lowest BCUT2D eigenvalue weighted by molar-refractivity contribution is -0.135. The number of hydrogen-bond donors (Lipinski definition) is 1. The van der Waals surface area contributed by atoms with E-state index < -0.39 is 17.6 Å². The van der Waals surface area contributed by atoms with Crippen molar-refractivity contribution < 1.29 is 19.2 Å². The Balaban J connectivity index is 2.53. The SMILES string of the molecule is CCOC(=O)C(C)=NOC(=O)NC(C)(C)Cc1ccccc1. The zero-order valence-electron chi connectivity index (χ0n) is 13.4. The highest BCUT2D eigenvalue weighted by Crippen LogP contribution is 2.12. The third-order valence-corrected chi connectivity index (χ3v) is 2.77. The van der Waals surface area contributed by atoms with Gasteiger partial charge in [0, 0.05) is 5.54 Å². The summed E-state index contributed by atoms with van der Waals surface area (Å²) < 4.78 is 4.73. The first-order valence-electron chi connectivity index (χ1n) is 7.09. The minimum Gasteiger partial charge on any atom is -0.461 e. The van der Waals surface area contributed by atoms with E-state index in [1.54, 1.807) is 6.92 Å². The number of rotatable bonds is 6. The van der Waals surface area contributed by atoms with Gasteiger partial charge in [-0.2, -0.15) is 0 Å². The summed E-state index contributed by atoms with van der Waals surface area (Å²) in [6.07, 6.45) is -0.0756. The smallest absolute Gasteiger partial charge is 0.433 e. The van der Waals surface area contributed by atoms with Crippen LogP contribution < -0.4 is 5.32 Å². The molecule has 1 aromatic rings. The number of esters is 1. The van der Waals surface area contributed by atoms with Crippen molar-refractivity contribution in [3.05, 3.63) is 35.9 Å². The zero-order chi connectivity index (χ0) is 16.6. The Labute approximate surface area is 130 Å². The predicted molar refractivity (Wildman–Crippen MR) is 83.6 cm³/mol. The fourth-order valence-electron chi connectivity index (χ4n) is 1.83. The Hall–Kier alpha value is -2.37. The number of carbonyl (C=O) groups is 2. The Morgan fingerprint density at radius 2 is 1.86 bits per heavy atom. The molecule has 0 saturated carbocycles. The zero-order valence-corrected chi connectivity index (χ0v) is 13.4. The van der Waals surface area contributed by atoms with E-state index in [0.29, 0.717) is 6.42 Å². The minimum absolute atomic E-state index is 0.0159. The summed E-state index contributed by atoms with van der Waals surface area (Å²) in [6, 6.07) is 9.79. The van der Waals surface area contributed by atoms with Crippen LogP contribution in [0.1, 0.15) is 33.3 Å². The molecule has 0 aliphatic carbocycles. The van der Waals surface area contributed by atoms with E-state index in [-0.39, 0.29) is 12.3 Å². The molecular formula is C16H22N2O4. The van der Waals surface area contributed by atoms with Crippen LogP contribution in [0, 0.1) is 0 Å². The van der Waals surface area contributed by atoms with Gasteiger partial charge in [0.25, 0.3) is 0 Å². The van der Waals surface area contributed by atoms with Gasteiger partial charge in [0.15, 0.2) is 5.71 Å². The molecule has 0 spiro atoms. The highest BCUT2D eigenvalue weighted by molar-refractivity contribution is 6.35. The molecule has 0 fully saturated rings. The maximum Gasteiger partial charge on any atom is 0.433 e. The van der Waals surface area contributed by atoms with Gasteiger partial charge in [-0.3, -0.25) is 4.84 Å². The first kappa shape index (κ1) is 17.7. The predicted octanol–water partition coefficient (Wildman–Crippen LogP) is 2.67. The molecule has 0 saturated heterocycles. The third kappa shape index (κ3) is 6.39. The average molecular weight is 306 g/mol. The maximum absolute atomic E-state index is 11.7. The number of nitrogens with one attached hydrogen (secondary N) is 1. The van der Waals surface area contributed by atoms with Crippen molar-refractivity contribution in [2.24, 2.45) is 5.16 Å². The minimum atomic E-state index is -0.718. The molecule has 0 heterocycles. The molecule has 0 radical (unpaired) electrons. The summed E-state index contributed by atoms with van der Waals surface area (Å²) in [7, 11) is 0. The lowest BCUT2D eigenvalue weighted by atomic mass is 9.95. The lowest BCUT2D eigenvalue weighted by Gasteiger charge is -2.25. The second-order valence-electron chi connectivity index (χ2n) is 5.45. The number of benzene rings is 1. The topological polar surface area (TPSA) is 77.0 Å². The van der Waals surface area contributed by atoms with Crippen molar-refractivity contribution in [3.8, 4) is 0 Å². The Kier molecular flexibility index (Phi) is 6.56. The van der Waals surface area contributed by atoms with Crippen LogP contribution in [-0.4, -0.2) is 29.9 Å². The molecule has 120 valence electrons. The van der Waals surface area contributed by atoms with Crippen LogP contribution in [-0.2, 0) is 20.8 Å². The standard InChI is InChI=1S/C16H22N2O4/c1-5-21-14(19)12(2)18-22-15(20)17-16(3,4)11-13-9-7-6-8-10-13/h6-10H,5,11H2,1-4H3,(H,17,20). The molecule has 0 aliphatic rings. The van der Waals surface area contributed by atoms with Crippen LogP contribution >= 0.6 is 0 Å². The first-order valence-corrected chi connectivity index (χ1v) is 7.09. The summed E-state index contributed by atoms with van der Waals surface area (Å²) >= 11 is 0. The van der Waals surface area contributed by atoms with Crippen LogP contribution in [0.2, 0.25) is 0 Å². The maximum atomic E-state index is 11.7. The Bertz CT molecular complexity index is 538. The van der Waals surface area contributed by atoms with E-state index in [0.717, 1.165) is 5.56 Å². The fourth-order valence-corrected chi connectivity index (χ4v) is 1.83. The second-order valence-corrected chi connectivity index (χ2v) is 5.45. The molecule has 1 amide bonds. The molecule has 0 unspecified atom stereocenters. The molecule has 0 aliphatic heterocycles. The highest BCUT2D eigenvalue weighted by Gasteiger charge is 2.22. The summed E-state index contributed by atoms with van der Waals surface area (Å²) in [6.45, 7) is 7.10. The number of nitrogens with zero attached hydrogens (tertiary/aromatic N) is 1. The van der Waals surface area contributed by atoms with E-state index in [1.807, 2.05) is 44.2 Å². The van der Waals surface area contributed by atoms with Crippen molar-refractivity contribution in [2.75, 3.05) is 6.61 Å². The monoisotopic (exact) mass is 306 g/mol. The molecule has 1 N–H and O–H groups in total. The summed E-state index contributed by atoms with van der Waals surface area (Å²) in [5, 5.41) is 6.17. The third-order valence-electron chi connectivity index (χ3n) is 2.77. The van der Waals surface area contributed by atoms with E-state index in [1.165, 1.54) is 6.92 Å². The van der Waals surface area contributed by atoms with Gasteiger partial charge in [0.1, 0.15) is 0 Å². The Morgan fingerprint density at radius 1 is 1.23 bits per heavy atom. The van der Waals surface area contributed by atoms with Crippen LogP contribution in [0.4, 0.5) is 4.79 Å². The summed E-state index contributed by atoms with van der Waals surface area (Å²) in [5.74, 6) is -0.612. The van der Waals surface area contributed by atoms with Crippen LogP contribution in [0.25, 0.3) is 0 Å². The van der Waals surface area contributed by atoms with E-state index >= 15 is 0 Å². The van der Waals surface area contributed by atoms with Crippen LogP contribution in [0.15, 0.2) is 35.5 Å². The number of carbonyl (C=O) groups excluding carboxylic acids is 2. The number of oxime groups is 1. The van der Waals surface area contributed by atoms with E-state index in [9.17, 15) is 9.59 Å². The van der Waals surface area contributed by atoms with Crippen LogP contribution in [0.5, 0.6) is 0 Å². The molecule has 22 heavy (non-hydrogen) atoms. The largest absolute Gasteiger partial charge is 0.461 e. The summed E-state index contributed by atoms with van der Waals surface area (Å²) in [5.41, 5.74) is 0.572. The Morgan fingerprint density at radius 3 is 2.45 bits per heavy atom. The molecular weight excluding hydrogens is 284 g/mol. The van der Waals surface area contributed by atoms with Gasteiger partial charge in [-0.1, -0.05) is 35.5 Å². The molecule has 0 bridgehead atoms. The summed E-state index contributed by atoms with van der Waals surface area (Å²) in [4.78, 5) is 27.7. The van der Waals surface area contributed by atoms with Crippen molar-refractivity contribution in [1.29, 1.82) is 0 Å². The van der Waals surface area contributed by atoms with E-state index in [4.69, 9.17) is 4.74 Å². The van der Waals surface area contributed by atoms with Crippen molar-refractivity contribution in [3.63, 3.8) is 0 Å². The van der Waals surface area contributed by atoms with Gasteiger partial charge in [-0.25, -0.2) is 9.59 Å². The number of ether oxygens (including phenoxy) is 1.